The van der Waals surface area contributed by atoms with Crippen molar-refractivity contribution >= 4 is 17.9 Å². The van der Waals surface area contributed by atoms with E-state index in [-0.39, 0.29) is 5.69 Å². The number of nitrogens with zero attached hydrogens (tertiary/aromatic N) is 1. The normalized spacial score (nSPS) is 11.7. The van der Waals surface area contributed by atoms with Gasteiger partial charge in [0, 0.05) is 12.4 Å². The largest absolute Gasteiger partial charge is 0.505 e. The van der Waals surface area contributed by atoms with E-state index >= 15 is 0 Å². The predicted octanol–water partition coefficient (Wildman–Crippen LogP) is 1.08. The summed E-state index contributed by atoms with van der Waals surface area (Å²) in [4.78, 5) is 14.3. The van der Waals surface area contributed by atoms with E-state index in [1.54, 1.807) is 12.1 Å². The molecular weight excluding hydrogens is 184 g/mol. The molecule has 0 fully saturated rings. The van der Waals surface area contributed by atoms with Gasteiger partial charge in [-0.15, -0.1) is 0 Å². The lowest BCUT2D eigenvalue weighted by Gasteiger charge is -2.00. The Hall–Kier alpha value is -2.17. The summed E-state index contributed by atoms with van der Waals surface area (Å²) in [5, 5.41) is 24.9. The number of hydrogen-bond acceptors (Lipinski definition) is 4. The first-order valence-corrected chi connectivity index (χ1v) is 3.75. The molecule has 1 rings (SSSR count). The summed E-state index contributed by atoms with van der Waals surface area (Å²) in [6, 6.07) is 4.71. The first-order chi connectivity index (χ1) is 6.66. The maximum Gasteiger partial charge on any atom is 0.341 e. The van der Waals surface area contributed by atoms with E-state index in [2.05, 4.69) is 4.98 Å². The van der Waals surface area contributed by atoms with Crippen molar-refractivity contribution in [3.63, 3.8) is 0 Å². The molecule has 0 unspecified atom stereocenters. The number of carboxylic acid groups (broad SMARTS) is 1. The van der Waals surface area contributed by atoms with Crippen LogP contribution in [-0.4, -0.2) is 27.4 Å². The van der Waals surface area contributed by atoms with Gasteiger partial charge in [0.05, 0.1) is 0 Å². The summed E-state index contributed by atoms with van der Waals surface area (Å²) < 4.78 is 0. The predicted molar refractivity (Wildman–Crippen MR) is 50.2 cm³/mol. The second-order valence-corrected chi connectivity index (χ2v) is 2.43. The first-order valence-electron chi connectivity index (χ1n) is 3.75. The third-order valence-corrected chi connectivity index (χ3v) is 1.54. The molecule has 0 aliphatic rings. The minimum Gasteiger partial charge on any atom is -0.505 e. The number of aliphatic hydroxyl groups is 1. The molecule has 72 valence electrons. The van der Waals surface area contributed by atoms with Crippen molar-refractivity contribution < 1.29 is 15.0 Å². The highest BCUT2D eigenvalue weighted by Crippen LogP contribution is 2.11. The molecule has 0 aliphatic heterocycles. The lowest BCUT2D eigenvalue weighted by atomic mass is 10.2. The lowest BCUT2D eigenvalue weighted by Crippen LogP contribution is -2.05. The molecule has 0 saturated carbocycles. The number of pyridine rings is 1. The Morgan fingerprint density at radius 1 is 1.43 bits per heavy atom. The number of nitrogens with one attached hydrogen (secondary N) is 1. The molecule has 0 aliphatic carbocycles. The molecule has 1 aromatic rings. The van der Waals surface area contributed by atoms with Crippen LogP contribution in [0.3, 0.4) is 0 Å². The molecule has 0 bridgehead atoms. The SMILES string of the molecule is N=CC(C(=O)O)=C(O)c1ccccn1. The Bertz CT molecular complexity index is 384. The summed E-state index contributed by atoms with van der Waals surface area (Å²) in [7, 11) is 0. The zero-order valence-corrected chi connectivity index (χ0v) is 7.14. The standard InChI is InChI=1S/C9H8N2O3/c10-5-6(9(13)14)8(12)7-3-1-2-4-11-7/h1-5,10,12H,(H,13,14). The van der Waals surface area contributed by atoms with Crippen LogP contribution in [0.25, 0.3) is 5.76 Å². The Kier molecular flexibility index (Phi) is 2.96. The molecule has 0 radical (unpaired) electrons. The van der Waals surface area contributed by atoms with Crippen LogP contribution >= 0.6 is 0 Å². The van der Waals surface area contributed by atoms with Crippen molar-refractivity contribution in [3.05, 3.63) is 35.7 Å². The van der Waals surface area contributed by atoms with Gasteiger partial charge in [-0.3, -0.25) is 4.98 Å². The van der Waals surface area contributed by atoms with E-state index in [1.807, 2.05) is 0 Å². The van der Waals surface area contributed by atoms with Gasteiger partial charge in [0.25, 0.3) is 0 Å². The minimum absolute atomic E-state index is 0.133. The zero-order valence-electron chi connectivity index (χ0n) is 7.14. The topological polar surface area (TPSA) is 94.3 Å². The monoisotopic (exact) mass is 192 g/mol. The van der Waals surface area contributed by atoms with Crippen molar-refractivity contribution in [2.75, 3.05) is 0 Å². The van der Waals surface area contributed by atoms with Gasteiger partial charge in [-0.1, -0.05) is 6.07 Å². The van der Waals surface area contributed by atoms with Crippen LogP contribution in [0, 0.1) is 5.41 Å². The van der Waals surface area contributed by atoms with E-state index < -0.39 is 17.3 Å². The Morgan fingerprint density at radius 3 is 2.57 bits per heavy atom. The quantitative estimate of drug-likeness (QED) is 0.379. The summed E-state index contributed by atoms with van der Waals surface area (Å²) in [6.45, 7) is 0. The summed E-state index contributed by atoms with van der Waals surface area (Å²) in [6.07, 6.45) is 2.00. The molecule has 5 heteroatoms. The number of carboxylic acids is 1. The lowest BCUT2D eigenvalue weighted by molar-refractivity contribution is -0.132. The van der Waals surface area contributed by atoms with Crippen LogP contribution in [0.4, 0.5) is 0 Å². The van der Waals surface area contributed by atoms with Crippen LogP contribution in [0.15, 0.2) is 30.0 Å². The molecule has 3 N–H and O–H groups in total. The van der Waals surface area contributed by atoms with Gasteiger partial charge in [0.15, 0.2) is 5.76 Å². The van der Waals surface area contributed by atoms with Gasteiger partial charge in [-0.25, -0.2) is 4.79 Å². The Labute approximate surface area is 79.9 Å². The molecule has 0 amide bonds. The number of aliphatic hydroxyl groups excluding tert-OH is 1. The number of carbonyl (C=O) groups is 1. The van der Waals surface area contributed by atoms with E-state index in [4.69, 9.17) is 10.5 Å². The van der Waals surface area contributed by atoms with Gasteiger partial charge in [0.2, 0.25) is 0 Å². The Morgan fingerprint density at radius 2 is 2.14 bits per heavy atom. The summed E-state index contributed by atoms with van der Waals surface area (Å²) >= 11 is 0. The highest BCUT2D eigenvalue weighted by Gasteiger charge is 2.13. The van der Waals surface area contributed by atoms with Crippen molar-refractivity contribution in [2.24, 2.45) is 0 Å². The molecule has 1 heterocycles. The highest BCUT2D eigenvalue weighted by atomic mass is 16.4. The molecular formula is C9H8N2O3. The van der Waals surface area contributed by atoms with Crippen molar-refractivity contribution in [2.45, 2.75) is 0 Å². The molecule has 0 atom stereocenters. The smallest absolute Gasteiger partial charge is 0.341 e. The molecule has 1 aromatic heterocycles. The summed E-state index contributed by atoms with van der Waals surface area (Å²) in [5.74, 6) is -1.86. The fourth-order valence-corrected chi connectivity index (χ4v) is 0.872. The van der Waals surface area contributed by atoms with E-state index in [1.165, 1.54) is 12.3 Å². The van der Waals surface area contributed by atoms with Crippen molar-refractivity contribution in [1.29, 1.82) is 5.41 Å². The maximum absolute atomic E-state index is 10.5. The minimum atomic E-state index is -1.36. The average Bonchev–Trinajstić information content (AvgIpc) is 2.19. The van der Waals surface area contributed by atoms with E-state index in [0.717, 1.165) is 0 Å². The highest BCUT2D eigenvalue weighted by molar-refractivity contribution is 6.13. The van der Waals surface area contributed by atoms with Crippen LogP contribution < -0.4 is 0 Å². The fraction of sp³-hybridized carbons (Fsp3) is 0. The van der Waals surface area contributed by atoms with Crippen LogP contribution in [-0.2, 0) is 4.79 Å². The fourth-order valence-electron chi connectivity index (χ4n) is 0.872. The van der Waals surface area contributed by atoms with Gasteiger partial charge < -0.3 is 15.6 Å². The number of rotatable bonds is 3. The van der Waals surface area contributed by atoms with Crippen molar-refractivity contribution in [3.8, 4) is 0 Å². The second kappa shape index (κ2) is 4.18. The Balaban J connectivity index is 3.21. The van der Waals surface area contributed by atoms with Gasteiger partial charge in [-0.2, -0.15) is 0 Å². The third kappa shape index (κ3) is 1.95. The van der Waals surface area contributed by atoms with E-state index in [0.29, 0.717) is 6.21 Å². The molecule has 14 heavy (non-hydrogen) atoms. The molecule has 5 nitrogen and oxygen atoms in total. The average molecular weight is 192 g/mol. The zero-order chi connectivity index (χ0) is 10.6. The summed E-state index contributed by atoms with van der Waals surface area (Å²) in [5.41, 5.74) is -0.350. The van der Waals surface area contributed by atoms with Crippen LogP contribution in [0.1, 0.15) is 5.69 Å². The van der Waals surface area contributed by atoms with Gasteiger partial charge in [0.1, 0.15) is 11.3 Å². The molecule has 0 saturated heterocycles. The maximum atomic E-state index is 10.5. The first kappa shape index (κ1) is 9.91. The van der Waals surface area contributed by atoms with E-state index in [9.17, 15) is 9.90 Å². The molecule has 0 aromatic carbocycles. The third-order valence-electron chi connectivity index (χ3n) is 1.54. The molecule has 0 spiro atoms. The number of aliphatic carboxylic acids is 1. The number of hydrogen-bond donors (Lipinski definition) is 3. The number of aromatic nitrogens is 1. The second-order valence-electron chi connectivity index (χ2n) is 2.43. The van der Waals surface area contributed by atoms with Gasteiger partial charge >= 0.3 is 5.97 Å². The van der Waals surface area contributed by atoms with Crippen molar-refractivity contribution in [1.82, 2.24) is 4.98 Å². The van der Waals surface area contributed by atoms with Crippen LogP contribution in [0.5, 0.6) is 0 Å². The van der Waals surface area contributed by atoms with Gasteiger partial charge in [-0.05, 0) is 12.1 Å². The van der Waals surface area contributed by atoms with Crippen LogP contribution in [0.2, 0.25) is 0 Å².